The molecule has 46 heavy (non-hydrogen) atoms. The Morgan fingerprint density at radius 2 is 1.83 bits per heavy atom. The third-order valence-corrected chi connectivity index (χ3v) is 7.44. The lowest BCUT2D eigenvalue weighted by atomic mass is 9.95. The minimum Gasteiger partial charge on any atom is -0.475 e. The van der Waals surface area contributed by atoms with Gasteiger partial charge < -0.3 is 24.8 Å². The summed E-state index contributed by atoms with van der Waals surface area (Å²) in [6.45, 7) is 7.11. The van der Waals surface area contributed by atoms with E-state index >= 15 is 4.39 Å². The lowest BCUT2D eigenvalue weighted by Crippen LogP contribution is -2.58. The lowest BCUT2D eigenvalue weighted by Gasteiger charge is -2.39. The monoisotopic (exact) mass is 636 g/mol. The predicted octanol–water partition coefficient (Wildman–Crippen LogP) is 5.13. The molecular formula is C33H35F3N6O4. The molecule has 1 aromatic carbocycles. The summed E-state index contributed by atoms with van der Waals surface area (Å²) in [5, 5.41) is 15.4. The number of hydrogen-bond donors (Lipinski definition) is 2. The zero-order valence-electron chi connectivity index (χ0n) is 26.0. The van der Waals surface area contributed by atoms with Crippen LogP contribution in [0.5, 0.6) is 5.88 Å². The fourth-order valence-electron chi connectivity index (χ4n) is 5.21. The molecule has 10 nitrogen and oxygen atoms in total. The average Bonchev–Trinajstić information content (AvgIpc) is 3.80. The van der Waals surface area contributed by atoms with Crippen molar-refractivity contribution in [3.63, 3.8) is 0 Å². The molecule has 242 valence electrons. The summed E-state index contributed by atoms with van der Waals surface area (Å²) in [5.74, 6) is -5.37. The molecule has 1 aliphatic carbocycles. The summed E-state index contributed by atoms with van der Waals surface area (Å²) in [7, 11) is 0. The number of amides is 2. The fourth-order valence-corrected chi connectivity index (χ4v) is 5.21. The normalized spacial score (nSPS) is 15.4. The number of aromatic nitrogens is 2. The Hall–Kier alpha value is -4.70. The van der Waals surface area contributed by atoms with E-state index in [-0.39, 0.29) is 51.7 Å². The maximum Gasteiger partial charge on any atom is 0.282 e. The molecule has 1 saturated heterocycles. The van der Waals surface area contributed by atoms with E-state index in [1.807, 2.05) is 0 Å². The van der Waals surface area contributed by atoms with Crippen LogP contribution in [-0.2, 0) is 6.54 Å². The van der Waals surface area contributed by atoms with E-state index in [0.29, 0.717) is 12.5 Å². The number of benzene rings is 1. The molecule has 1 aliphatic heterocycles. The smallest absolute Gasteiger partial charge is 0.282 e. The fraction of sp³-hybridized carbons (Fsp3) is 0.424. The molecule has 0 radical (unpaired) electrons. The predicted molar refractivity (Wildman–Crippen MR) is 164 cm³/mol. The number of carbonyl (C=O) groups is 2. The minimum atomic E-state index is -3.06. The first kappa shape index (κ1) is 32.7. The topological polar surface area (TPSA) is 129 Å². The molecule has 3 aromatic rings. The number of ether oxygens (including phenoxy) is 1. The van der Waals surface area contributed by atoms with Crippen LogP contribution >= 0.6 is 0 Å². The van der Waals surface area contributed by atoms with Gasteiger partial charge in [0.25, 0.3) is 23.3 Å². The van der Waals surface area contributed by atoms with Crippen LogP contribution in [-0.4, -0.2) is 57.9 Å². The number of carbonyl (C=O) groups excluding carboxylic acids is 2. The molecule has 13 heteroatoms. The molecule has 2 amide bonds. The summed E-state index contributed by atoms with van der Waals surface area (Å²) < 4.78 is 50.2. The van der Waals surface area contributed by atoms with E-state index in [1.165, 1.54) is 18.2 Å². The van der Waals surface area contributed by atoms with Gasteiger partial charge in [0.05, 0.1) is 36.4 Å². The molecule has 0 bridgehead atoms. The maximum absolute atomic E-state index is 15.6. The van der Waals surface area contributed by atoms with Gasteiger partial charge in [0.2, 0.25) is 5.88 Å². The summed E-state index contributed by atoms with van der Waals surface area (Å²) in [4.78, 5) is 45.4. The molecular weight excluding hydrogens is 601 g/mol. The Labute approximate surface area is 264 Å². The second kappa shape index (κ2) is 13.0. The first-order chi connectivity index (χ1) is 21.7. The van der Waals surface area contributed by atoms with Crippen LogP contribution in [0.2, 0.25) is 0 Å². The number of likely N-dealkylation sites (tertiary alicyclic amines) is 1. The molecule has 2 aliphatic rings. The quantitative estimate of drug-likeness (QED) is 0.299. The van der Waals surface area contributed by atoms with Gasteiger partial charge in [-0.3, -0.25) is 14.4 Å². The zero-order valence-corrected chi connectivity index (χ0v) is 26.0. The van der Waals surface area contributed by atoms with Crippen LogP contribution in [0.4, 0.5) is 19.0 Å². The van der Waals surface area contributed by atoms with E-state index in [1.54, 1.807) is 30.7 Å². The highest BCUT2D eigenvalue weighted by Crippen LogP contribution is 2.36. The Morgan fingerprint density at radius 1 is 1.11 bits per heavy atom. The second-order valence-electron chi connectivity index (χ2n) is 12.4. The first-order valence-corrected chi connectivity index (χ1v) is 15.1. The number of anilines is 1. The van der Waals surface area contributed by atoms with Crippen molar-refractivity contribution in [1.29, 1.82) is 5.26 Å². The standard InChI is InChI=1S/C33H35F3N6O4/c1-18(2)13-38-14-21-8-25(32(45)42(15-21)23-5-6-23)30(43)40-27-10-22(11-28(39-27)46-19(3)4)29-24(7-20(12-37)9-26(29)34)31(44)41-16-33(35,36)17-41/h7-11,15,18-19,23,38H,5-6,13-14,16-17H2,1-4H3,(H,39,40,43). The highest BCUT2D eigenvalue weighted by molar-refractivity contribution is 6.05. The van der Waals surface area contributed by atoms with Crippen molar-refractivity contribution < 1.29 is 27.5 Å². The summed E-state index contributed by atoms with van der Waals surface area (Å²) in [6, 6.07) is 8.03. The van der Waals surface area contributed by atoms with Crippen LogP contribution in [0.1, 0.15) is 78.4 Å². The molecule has 5 rings (SSSR count). The third-order valence-electron chi connectivity index (χ3n) is 7.44. The van der Waals surface area contributed by atoms with Gasteiger partial charge in [-0.25, -0.2) is 13.2 Å². The Balaban J connectivity index is 1.54. The van der Waals surface area contributed by atoms with E-state index in [0.717, 1.165) is 42.0 Å². The Bertz CT molecular complexity index is 1770. The van der Waals surface area contributed by atoms with Crippen molar-refractivity contribution in [2.24, 2.45) is 5.92 Å². The third kappa shape index (κ3) is 7.39. The van der Waals surface area contributed by atoms with Gasteiger partial charge in [0, 0.05) is 30.4 Å². The van der Waals surface area contributed by atoms with Crippen LogP contribution in [0, 0.1) is 23.1 Å². The van der Waals surface area contributed by atoms with Gasteiger partial charge in [-0.2, -0.15) is 10.2 Å². The lowest BCUT2D eigenvalue weighted by molar-refractivity contribution is -0.113. The summed E-state index contributed by atoms with van der Waals surface area (Å²) in [6.07, 6.45) is 3.03. The van der Waals surface area contributed by atoms with Crippen molar-refractivity contribution in [3.8, 4) is 23.1 Å². The number of nitrogens with zero attached hydrogens (tertiary/aromatic N) is 4. The van der Waals surface area contributed by atoms with Crippen molar-refractivity contribution >= 4 is 17.6 Å². The highest BCUT2D eigenvalue weighted by Gasteiger charge is 2.47. The van der Waals surface area contributed by atoms with E-state index in [4.69, 9.17) is 4.74 Å². The molecule has 1 saturated carbocycles. The van der Waals surface area contributed by atoms with Crippen LogP contribution in [0.3, 0.4) is 0 Å². The largest absolute Gasteiger partial charge is 0.475 e. The van der Waals surface area contributed by atoms with E-state index < -0.39 is 42.2 Å². The van der Waals surface area contributed by atoms with Crippen LogP contribution < -0.4 is 20.9 Å². The van der Waals surface area contributed by atoms with E-state index in [2.05, 4.69) is 29.5 Å². The Morgan fingerprint density at radius 3 is 2.43 bits per heavy atom. The first-order valence-electron chi connectivity index (χ1n) is 15.1. The molecule has 0 spiro atoms. The number of nitrogens with one attached hydrogen (secondary N) is 2. The van der Waals surface area contributed by atoms with Crippen molar-refractivity contribution in [2.45, 2.75) is 65.1 Å². The molecule has 0 unspecified atom stereocenters. The van der Waals surface area contributed by atoms with Gasteiger partial charge in [-0.05, 0) is 74.5 Å². The summed E-state index contributed by atoms with van der Waals surface area (Å²) in [5.41, 5.74) is -0.524. The van der Waals surface area contributed by atoms with Gasteiger partial charge in [0.15, 0.2) is 0 Å². The Kier molecular flexibility index (Phi) is 9.21. The van der Waals surface area contributed by atoms with Crippen molar-refractivity contribution in [3.05, 3.63) is 75.0 Å². The number of alkyl halides is 2. The minimum absolute atomic E-state index is 0.0123. The summed E-state index contributed by atoms with van der Waals surface area (Å²) >= 11 is 0. The van der Waals surface area contributed by atoms with Gasteiger partial charge in [-0.15, -0.1) is 0 Å². The maximum atomic E-state index is 15.6. The molecule has 2 N–H and O–H groups in total. The number of pyridine rings is 2. The number of rotatable bonds is 11. The van der Waals surface area contributed by atoms with Gasteiger partial charge >= 0.3 is 0 Å². The highest BCUT2D eigenvalue weighted by atomic mass is 19.3. The van der Waals surface area contributed by atoms with Crippen molar-refractivity contribution in [2.75, 3.05) is 25.0 Å². The van der Waals surface area contributed by atoms with E-state index in [9.17, 15) is 28.4 Å². The van der Waals surface area contributed by atoms with Gasteiger partial charge in [0.1, 0.15) is 17.2 Å². The van der Waals surface area contributed by atoms with Gasteiger partial charge in [-0.1, -0.05) is 13.8 Å². The number of halogens is 3. The van der Waals surface area contributed by atoms with Crippen LogP contribution in [0.15, 0.2) is 41.3 Å². The second-order valence-corrected chi connectivity index (χ2v) is 12.4. The number of hydrogen-bond acceptors (Lipinski definition) is 7. The van der Waals surface area contributed by atoms with Crippen molar-refractivity contribution in [1.82, 2.24) is 19.8 Å². The average molecular weight is 637 g/mol. The zero-order chi connectivity index (χ0) is 33.3. The van der Waals surface area contributed by atoms with Crippen LogP contribution in [0.25, 0.3) is 11.1 Å². The molecule has 3 heterocycles. The number of nitriles is 1. The molecule has 0 atom stereocenters. The molecule has 2 fully saturated rings. The molecule has 2 aromatic heterocycles. The SMILES string of the molecule is CC(C)CNCc1cc(C(=O)Nc2cc(-c3c(F)cc(C#N)cc3C(=O)N3CC(F)(F)C3)cc(OC(C)C)n2)c(=O)n(C2CC2)c1.